The number of urea groups is 1. The first kappa shape index (κ1) is 13.4. The Kier molecular flexibility index (Phi) is 3.12. The van der Waals surface area contributed by atoms with Gasteiger partial charge >= 0.3 is 12.0 Å². The highest BCUT2D eigenvalue weighted by molar-refractivity contribution is 5.77. The Morgan fingerprint density at radius 1 is 0.905 bits per heavy atom. The molecule has 0 aromatic rings. The molecule has 2 bridgehead atoms. The first-order chi connectivity index (χ1) is 10.1. The topological polar surface area (TPSA) is 78.4 Å². The molecule has 0 aromatic carbocycles. The molecule has 0 aliphatic heterocycles. The van der Waals surface area contributed by atoms with Gasteiger partial charge in [-0.25, -0.2) is 4.79 Å². The van der Waals surface area contributed by atoms with Crippen molar-refractivity contribution in [3.8, 4) is 0 Å². The van der Waals surface area contributed by atoms with Crippen LogP contribution in [0.5, 0.6) is 0 Å². The molecule has 0 spiro atoms. The number of nitrogens with one attached hydrogen (secondary N) is 2. The Balaban J connectivity index is 1.31. The maximum absolute atomic E-state index is 12.2. The number of amides is 2. The summed E-state index contributed by atoms with van der Waals surface area (Å²) in [5.74, 6) is 1.92. The molecule has 4 fully saturated rings. The summed E-state index contributed by atoms with van der Waals surface area (Å²) >= 11 is 0. The van der Waals surface area contributed by atoms with E-state index in [1.807, 2.05) is 0 Å². The Bertz CT molecular complexity index is 450. The zero-order valence-electron chi connectivity index (χ0n) is 12.3. The summed E-state index contributed by atoms with van der Waals surface area (Å²) in [4.78, 5) is 23.4. The lowest BCUT2D eigenvalue weighted by molar-refractivity contribution is -0.143. The van der Waals surface area contributed by atoms with Crippen molar-refractivity contribution >= 4 is 12.0 Å². The number of carboxylic acids is 1. The lowest BCUT2D eigenvalue weighted by Crippen LogP contribution is -2.49. The van der Waals surface area contributed by atoms with E-state index in [4.69, 9.17) is 0 Å². The van der Waals surface area contributed by atoms with E-state index in [-0.39, 0.29) is 12.1 Å². The maximum Gasteiger partial charge on any atom is 0.315 e. The van der Waals surface area contributed by atoms with Gasteiger partial charge in [0.25, 0.3) is 0 Å². The first-order valence-corrected chi connectivity index (χ1v) is 8.45. The van der Waals surface area contributed by atoms with Crippen LogP contribution in [0.2, 0.25) is 0 Å². The Labute approximate surface area is 124 Å². The zero-order valence-corrected chi connectivity index (χ0v) is 12.3. The third kappa shape index (κ3) is 2.21. The van der Waals surface area contributed by atoms with Crippen LogP contribution >= 0.6 is 0 Å². The van der Waals surface area contributed by atoms with E-state index >= 15 is 0 Å². The van der Waals surface area contributed by atoms with Crippen molar-refractivity contribution in [2.45, 2.75) is 57.0 Å². The van der Waals surface area contributed by atoms with E-state index in [2.05, 4.69) is 10.6 Å². The van der Waals surface area contributed by atoms with Crippen LogP contribution in [-0.2, 0) is 4.79 Å². The molecule has 5 nitrogen and oxygen atoms in total. The van der Waals surface area contributed by atoms with E-state index in [0.717, 1.165) is 42.9 Å². The molecular formula is C16H24N2O3. The number of carboxylic acid groups (broad SMARTS) is 1. The molecule has 6 unspecified atom stereocenters. The third-order valence-corrected chi connectivity index (χ3v) is 6.43. The molecule has 4 aliphatic carbocycles. The maximum atomic E-state index is 12.2. The summed E-state index contributed by atoms with van der Waals surface area (Å²) in [6, 6.07) is 0.0154. The van der Waals surface area contributed by atoms with E-state index in [1.54, 1.807) is 0 Å². The van der Waals surface area contributed by atoms with E-state index in [0.29, 0.717) is 12.5 Å². The summed E-state index contributed by atoms with van der Waals surface area (Å²) in [7, 11) is 0. The number of hydrogen-bond donors (Lipinski definition) is 3. The minimum absolute atomic E-state index is 0.146. The van der Waals surface area contributed by atoms with Crippen molar-refractivity contribution in [2.75, 3.05) is 0 Å². The second-order valence-corrected chi connectivity index (χ2v) is 7.47. The van der Waals surface area contributed by atoms with Crippen molar-refractivity contribution in [1.82, 2.24) is 10.6 Å². The highest BCUT2D eigenvalue weighted by Crippen LogP contribution is 2.65. The number of hydrogen-bond acceptors (Lipinski definition) is 2. The molecule has 3 N–H and O–H groups in total. The van der Waals surface area contributed by atoms with Crippen LogP contribution in [0, 0.1) is 29.6 Å². The van der Waals surface area contributed by atoms with Gasteiger partial charge in [-0.2, -0.15) is 0 Å². The Hall–Kier alpha value is -1.26. The quantitative estimate of drug-likeness (QED) is 0.744. The number of rotatable bonds is 3. The van der Waals surface area contributed by atoms with Gasteiger partial charge in [0.2, 0.25) is 0 Å². The smallest absolute Gasteiger partial charge is 0.315 e. The monoisotopic (exact) mass is 292 g/mol. The van der Waals surface area contributed by atoms with Gasteiger partial charge in [-0.1, -0.05) is 12.8 Å². The van der Waals surface area contributed by atoms with Crippen molar-refractivity contribution in [3.63, 3.8) is 0 Å². The fourth-order valence-electron chi connectivity index (χ4n) is 5.48. The SMILES string of the molecule is O=C(NC1CCCCC1C(=O)O)NC1C2C3CCC(C3)C12. The molecule has 0 saturated heterocycles. The molecule has 21 heavy (non-hydrogen) atoms. The molecule has 2 amide bonds. The molecule has 4 saturated carbocycles. The van der Waals surface area contributed by atoms with Crippen LogP contribution < -0.4 is 10.6 Å². The molecule has 0 heterocycles. The summed E-state index contributed by atoms with van der Waals surface area (Å²) in [6.45, 7) is 0. The van der Waals surface area contributed by atoms with Gasteiger partial charge in [0.15, 0.2) is 0 Å². The number of aliphatic carboxylic acids is 1. The van der Waals surface area contributed by atoms with Crippen LogP contribution in [0.4, 0.5) is 4.79 Å². The van der Waals surface area contributed by atoms with E-state index in [9.17, 15) is 14.7 Å². The average Bonchev–Trinajstić information content (AvgIpc) is 2.83. The zero-order chi connectivity index (χ0) is 14.6. The highest BCUT2D eigenvalue weighted by atomic mass is 16.4. The second kappa shape index (κ2) is 4.89. The van der Waals surface area contributed by atoms with E-state index in [1.165, 1.54) is 19.3 Å². The minimum atomic E-state index is -0.777. The van der Waals surface area contributed by atoms with Gasteiger partial charge < -0.3 is 15.7 Å². The first-order valence-electron chi connectivity index (χ1n) is 8.45. The third-order valence-electron chi connectivity index (χ3n) is 6.43. The van der Waals surface area contributed by atoms with Gasteiger partial charge in [0.1, 0.15) is 0 Å². The second-order valence-electron chi connectivity index (χ2n) is 7.47. The number of carbonyl (C=O) groups excluding carboxylic acids is 1. The summed E-state index contributed by atoms with van der Waals surface area (Å²) < 4.78 is 0. The molecule has 4 rings (SSSR count). The van der Waals surface area contributed by atoms with Gasteiger partial charge in [0, 0.05) is 12.1 Å². The molecule has 0 aromatic heterocycles. The van der Waals surface area contributed by atoms with Crippen molar-refractivity contribution in [2.24, 2.45) is 29.6 Å². The minimum Gasteiger partial charge on any atom is -0.481 e. The van der Waals surface area contributed by atoms with Gasteiger partial charge in [0.05, 0.1) is 5.92 Å². The summed E-state index contributed by atoms with van der Waals surface area (Å²) in [5.41, 5.74) is 0. The summed E-state index contributed by atoms with van der Waals surface area (Å²) in [6.07, 6.45) is 7.48. The van der Waals surface area contributed by atoms with Crippen molar-refractivity contribution in [1.29, 1.82) is 0 Å². The van der Waals surface area contributed by atoms with Gasteiger partial charge in [-0.15, -0.1) is 0 Å². The number of carbonyl (C=O) groups is 2. The van der Waals surface area contributed by atoms with Crippen LogP contribution in [0.3, 0.4) is 0 Å². The molecular weight excluding hydrogens is 268 g/mol. The average molecular weight is 292 g/mol. The molecule has 6 atom stereocenters. The van der Waals surface area contributed by atoms with Crippen LogP contribution in [0.1, 0.15) is 44.9 Å². The van der Waals surface area contributed by atoms with Gasteiger partial charge in [-0.3, -0.25) is 4.79 Å². The molecule has 116 valence electrons. The predicted octanol–water partition coefficient (Wildman–Crippen LogP) is 1.97. The predicted molar refractivity (Wildman–Crippen MR) is 76.6 cm³/mol. The summed E-state index contributed by atoms with van der Waals surface area (Å²) in [5, 5.41) is 15.3. The Morgan fingerprint density at radius 2 is 1.57 bits per heavy atom. The lowest BCUT2D eigenvalue weighted by atomic mass is 9.84. The normalized spacial score (nSPS) is 46.8. The fourth-order valence-corrected chi connectivity index (χ4v) is 5.48. The largest absolute Gasteiger partial charge is 0.481 e. The van der Waals surface area contributed by atoms with Crippen molar-refractivity contribution in [3.05, 3.63) is 0 Å². The van der Waals surface area contributed by atoms with E-state index < -0.39 is 11.9 Å². The molecule has 0 radical (unpaired) electrons. The van der Waals surface area contributed by atoms with Gasteiger partial charge in [-0.05, 0) is 55.8 Å². The van der Waals surface area contributed by atoms with Crippen LogP contribution in [-0.4, -0.2) is 29.2 Å². The fraction of sp³-hybridized carbons (Fsp3) is 0.875. The standard InChI is InChI=1S/C16H24N2O3/c19-15(20)10-3-1-2-4-11(10)17-16(21)18-14-12-8-5-6-9(7-8)13(12)14/h8-14H,1-7H2,(H,19,20)(H2,17,18,21). The van der Waals surface area contributed by atoms with Crippen LogP contribution in [0.25, 0.3) is 0 Å². The molecule has 4 aliphatic rings. The van der Waals surface area contributed by atoms with Crippen LogP contribution in [0.15, 0.2) is 0 Å². The number of fused-ring (bicyclic) bond motifs is 5. The Morgan fingerprint density at radius 3 is 2.24 bits per heavy atom. The van der Waals surface area contributed by atoms with Crippen molar-refractivity contribution < 1.29 is 14.7 Å². The highest BCUT2D eigenvalue weighted by Gasteiger charge is 2.65. The lowest BCUT2D eigenvalue weighted by Gasteiger charge is -2.29. The molecule has 5 heteroatoms.